The second-order valence-electron chi connectivity index (χ2n) is 10.5. The number of halogens is 3. The smallest absolute Gasteiger partial charge is 0.339 e. The monoisotopic (exact) mass is 724 g/mol. The summed E-state index contributed by atoms with van der Waals surface area (Å²) in [6, 6.07) is 19.4. The lowest BCUT2D eigenvalue weighted by molar-refractivity contribution is -0.122. The number of nitrogens with zero attached hydrogens (tertiary/aromatic N) is 2. The fourth-order valence-corrected chi connectivity index (χ4v) is 7.11. The fourth-order valence-electron chi connectivity index (χ4n) is 5.66. The Morgan fingerprint density at radius 2 is 1.56 bits per heavy atom. The molecule has 4 aromatic rings. The van der Waals surface area contributed by atoms with E-state index in [9.17, 15) is 24.3 Å². The van der Waals surface area contributed by atoms with E-state index in [1.807, 2.05) is 0 Å². The maximum absolute atomic E-state index is 13.2. The third kappa shape index (κ3) is 5.47. The molecule has 218 valence electrons. The van der Waals surface area contributed by atoms with Crippen molar-refractivity contribution in [1.29, 1.82) is 0 Å². The molecule has 0 bridgehead atoms. The standard InChI is InChI=1S/C32H23Br2ClN2O6/c33-23-12-20-21(13-24(23)34)31(41)37(30(20)40)17-10-8-16(9-11-17)26-14-22(18-5-3-6-25(35)29(18)36-26)32(42)43-15-28(39)19-4-1-2-7-27(19)38/h1-11,14,20-21,23-24,38H,12-13,15H2. The van der Waals surface area contributed by atoms with Crippen LogP contribution in [-0.2, 0) is 14.3 Å². The summed E-state index contributed by atoms with van der Waals surface area (Å²) in [5, 5.41) is 10.7. The summed E-state index contributed by atoms with van der Waals surface area (Å²) in [5.41, 5.74) is 2.05. The van der Waals surface area contributed by atoms with Crippen molar-refractivity contribution in [2.75, 3.05) is 11.5 Å². The number of hydrogen-bond donors (Lipinski definition) is 1. The van der Waals surface area contributed by atoms with E-state index in [-0.39, 0.29) is 50.2 Å². The third-order valence-electron chi connectivity index (χ3n) is 7.88. The first-order valence-corrected chi connectivity index (χ1v) is 15.7. The minimum absolute atomic E-state index is 0.0481. The van der Waals surface area contributed by atoms with E-state index in [1.165, 1.54) is 17.0 Å². The number of aromatic hydroxyl groups is 1. The molecule has 1 aliphatic carbocycles. The van der Waals surface area contributed by atoms with Crippen LogP contribution in [0.1, 0.15) is 33.6 Å². The van der Waals surface area contributed by atoms with Crippen molar-refractivity contribution in [3.05, 3.63) is 88.9 Å². The summed E-state index contributed by atoms with van der Waals surface area (Å²) in [6.45, 7) is -0.573. The Bertz CT molecular complexity index is 1770. The van der Waals surface area contributed by atoms with E-state index >= 15 is 0 Å². The molecule has 1 saturated heterocycles. The van der Waals surface area contributed by atoms with E-state index in [1.54, 1.807) is 60.7 Å². The molecule has 11 heteroatoms. The van der Waals surface area contributed by atoms with Crippen LogP contribution in [0.25, 0.3) is 22.2 Å². The van der Waals surface area contributed by atoms with Crippen LogP contribution in [0.15, 0.2) is 72.8 Å². The topological polar surface area (TPSA) is 114 Å². The number of para-hydroxylation sites is 2. The van der Waals surface area contributed by atoms with Crippen LogP contribution in [0.3, 0.4) is 0 Å². The zero-order valence-corrected chi connectivity index (χ0v) is 26.3. The summed E-state index contributed by atoms with van der Waals surface area (Å²) < 4.78 is 5.35. The number of fused-ring (bicyclic) bond motifs is 2. The summed E-state index contributed by atoms with van der Waals surface area (Å²) in [7, 11) is 0. The number of pyridine rings is 1. The lowest BCUT2D eigenvalue weighted by Gasteiger charge is -2.29. The number of carbonyl (C=O) groups is 4. The van der Waals surface area contributed by atoms with Gasteiger partial charge in [-0.25, -0.2) is 9.78 Å². The van der Waals surface area contributed by atoms with Crippen LogP contribution >= 0.6 is 43.5 Å². The average Bonchev–Trinajstić information content (AvgIpc) is 3.24. The van der Waals surface area contributed by atoms with Gasteiger partial charge in [0.25, 0.3) is 0 Å². The van der Waals surface area contributed by atoms with Gasteiger partial charge >= 0.3 is 5.97 Å². The van der Waals surface area contributed by atoms with Crippen molar-refractivity contribution >= 4 is 83.6 Å². The highest BCUT2D eigenvalue weighted by Gasteiger charge is 2.52. The molecule has 4 atom stereocenters. The molecule has 2 aliphatic rings. The highest BCUT2D eigenvalue weighted by molar-refractivity contribution is 9.12. The molecule has 4 unspecified atom stereocenters. The molecule has 0 radical (unpaired) electrons. The van der Waals surface area contributed by atoms with Crippen molar-refractivity contribution in [3.63, 3.8) is 0 Å². The number of aromatic nitrogens is 1. The summed E-state index contributed by atoms with van der Waals surface area (Å²) in [4.78, 5) is 58.5. The summed E-state index contributed by atoms with van der Waals surface area (Å²) in [5.74, 6) is -2.64. The number of amides is 2. The van der Waals surface area contributed by atoms with E-state index in [2.05, 4.69) is 36.8 Å². The number of ether oxygens (including phenoxy) is 1. The Labute approximate surface area is 268 Å². The number of hydrogen-bond acceptors (Lipinski definition) is 7. The lowest BCUT2D eigenvalue weighted by Crippen LogP contribution is -2.34. The predicted octanol–water partition coefficient (Wildman–Crippen LogP) is 6.73. The normalized spacial score (nSPS) is 21.6. The van der Waals surface area contributed by atoms with Gasteiger partial charge in [0.1, 0.15) is 5.75 Å². The number of benzene rings is 3. The van der Waals surface area contributed by atoms with Gasteiger partial charge in [-0.15, -0.1) is 0 Å². The highest BCUT2D eigenvalue weighted by Crippen LogP contribution is 2.44. The van der Waals surface area contributed by atoms with Crippen molar-refractivity contribution in [1.82, 2.24) is 4.98 Å². The van der Waals surface area contributed by atoms with Gasteiger partial charge in [-0.1, -0.05) is 79.9 Å². The minimum atomic E-state index is -0.762. The lowest BCUT2D eigenvalue weighted by atomic mass is 9.81. The number of ketones is 1. The van der Waals surface area contributed by atoms with Crippen molar-refractivity contribution in [2.45, 2.75) is 22.5 Å². The molecule has 1 aromatic heterocycles. The van der Waals surface area contributed by atoms with Gasteiger partial charge < -0.3 is 9.84 Å². The van der Waals surface area contributed by atoms with Gasteiger partial charge in [-0.05, 0) is 49.2 Å². The second-order valence-corrected chi connectivity index (χ2v) is 13.2. The number of esters is 1. The van der Waals surface area contributed by atoms with Gasteiger partial charge in [-0.2, -0.15) is 0 Å². The van der Waals surface area contributed by atoms with E-state index in [4.69, 9.17) is 16.3 Å². The van der Waals surface area contributed by atoms with Crippen LogP contribution < -0.4 is 4.90 Å². The van der Waals surface area contributed by atoms with Crippen LogP contribution in [0.2, 0.25) is 5.02 Å². The number of phenols is 1. The van der Waals surface area contributed by atoms with Crippen molar-refractivity contribution in [2.24, 2.45) is 11.8 Å². The molecule has 1 N–H and O–H groups in total. The Morgan fingerprint density at radius 1 is 0.907 bits per heavy atom. The van der Waals surface area contributed by atoms with Gasteiger partial charge in [0.05, 0.1) is 44.9 Å². The highest BCUT2D eigenvalue weighted by atomic mass is 79.9. The fraction of sp³-hybridized carbons (Fsp3) is 0.219. The molecule has 1 aliphatic heterocycles. The van der Waals surface area contributed by atoms with Crippen LogP contribution in [0, 0.1) is 11.8 Å². The molecule has 3 aromatic carbocycles. The summed E-state index contributed by atoms with van der Waals surface area (Å²) >= 11 is 13.7. The first-order chi connectivity index (χ1) is 20.6. The zero-order valence-electron chi connectivity index (χ0n) is 22.4. The Morgan fingerprint density at radius 3 is 2.21 bits per heavy atom. The molecule has 43 heavy (non-hydrogen) atoms. The number of imide groups is 1. The van der Waals surface area contributed by atoms with Gasteiger partial charge in [-0.3, -0.25) is 19.3 Å². The number of rotatable bonds is 6. The number of carbonyl (C=O) groups excluding carboxylic acids is 4. The predicted molar refractivity (Wildman–Crippen MR) is 169 cm³/mol. The van der Waals surface area contributed by atoms with Gasteiger partial charge in [0.15, 0.2) is 6.61 Å². The maximum atomic E-state index is 13.2. The van der Waals surface area contributed by atoms with Gasteiger partial charge in [0, 0.05) is 20.6 Å². The Balaban J connectivity index is 1.28. The molecule has 1 saturated carbocycles. The molecule has 2 fully saturated rings. The van der Waals surface area contributed by atoms with Crippen molar-refractivity contribution in [3.8, 4) is 17.0 Å². The molecular formula is C32H23Br2ClN2O6. The Hall–Kier alpha value is -3.60. The number of Topliss-reactive ketones (excluding diaryl/α,β-unsaturated/α-hetero) is 1. The minimum Gasteiger partial charge on any atom is -0.507 e. The van der Waals surface area contributed by atoms with Gasteiger partial charge in [0.2, 0.25) is 17.6 Å². The van der Waals surface area contributed by atoms with Crippen LogP contribution in [0.4, 0.5) is 5.69 Å². The number of phenolic OH excluding ortho intramolecular Hbond substituents is 1. The quantitative estimate of drug-likeness (QED) is 0.102. The number of alkyl halides is 2. The average molecular weight is 727 g/mol. The van der Waals surface area contributed by atoms with E-state index < -0.39 is 18.4 Å². The summed E-state index contributed by atoms with van der Waals surface area (Å²) in [6.07, 6.45) is 1.16. The van der Waals surface area contributed by atoms with Crippen LogP contribution in [0.5, 0.6) is 5.75 Å². The molecule has 2 heterocycles. The molecular weight excluding hydrogens is 704 g/mol. The first kappa shape index (κ1) is 29.5. The molecule has 0 spiro atoms. The molecule has 2 amide bonds. The largest absolute Gasteiger partial charge is 0.507 e. The molecule has 6 rings (SSSR count). The van der Waals surface area contributed by atoms with Crippen LogP contribution in [-0.4, -0.2) is 49.9 Å². The van der Waals surface area contributed by atoms with E-state index in [0.29, 0.717) is 45.7 Å². The SMILES string of the molecule is O=C(COC(=O)c1cc(-c2ccc(N3C(=O)C4CC(Br)C(Br)CC4C3=O)cc2)nc2c(Cl)cccc12)c1ccccc1O. The maximum Gasteiger partial charge on any atom is 0.339 e. The Kier molecular flexibility index (Phi) is 8.10. The van der Waals surface area contributed by atoms with Crippen molar-refractivity contribution < 1.29 is 29.0 Å². The number of anilines is 1. The zero-order chi connectivity index (χ0) is 30.4. The second kappa shape index (κ2) is 11.8. The van der Waals surface area contributed by atoms with E-state index in [0.717, 1.165) is 0 Å². The molecule has 8 nitrogen and oxygen atoms in total. The first-order valence-electron chi connectivity index (χ1n) is 13.5. The third-order valence-corrected chi connectivity index (χ3v) is 10.9.